The number of aromatic nitrogens is 1. The Balaban J connectivity index is 1.46. The Morgan fingerprint density at radius 2 is 2.03 bits per heavy atom. The van der Waals surface area contributed by atoms with Gasteiger partial charge in [-0.25, -0.2) is 9.78 Å². The Bertz CT molecular complexity index is 912. The Morgan fingerprint density at radius 1 is 1.30 bits per heavy atom. The van der Waals surface area contributed by atoms with Crippen LogP contribution in [0.2, 0.25) is 0 Å². The lowest BCUT2D eigenvalue weighted by molar-refractivity contribution is -0.154. The van der Waals surface area contributed by atoms with E-state index >= 15 is 0 Å². The van der Waals surface area contributed by atoms with Crippen molar-refractivity contribution in [2.24, 2.45) is 34.8 Å². The van der Waals surface area contributed by atoms with Gasteiger partial charge < -0.3 is 21.1 Å². The highest BCUT2D eigenvalue weighted by atomic mass is 16.4. The molecule has 158 valence electrons. The van der Waals surface area contributed by atoms with E-state index in [9.17, 15) is 20.0 Å². The Kier molecular flexibility index (Phi) is 4.38. The van der Waals surface area contributed by atoms with Crippen molar-refractivity contribution < 1.29 is 14.7 Å². The molecule has 4 aliphatic carbocycles. The summed E-state index contributed by atoms with van der Waals surface area (Å²) in [4.78, 5) is 30.3. The summed E-state index contributed by atoms with van der Waals surface area (Å²) >= 11 is 0. The topological polar surface area (TPSA) is 132 Å². The third-order valence-electron chi connectivity index (χ3n) is 8.21. The summed E-state index contributed by atoms with van der Waals surface area (Å²) in [5.41, 5.74) is 5.90. The van der Waals surface area contributed by atoms with E-state index in [0.29, 0.717) is 42.1 Å². The lowest BCUT2D eigenvalue weighted by Gasteiger charge is -2.61. The molecule has 0 spiro atoms. The molecule has 7 atom stereocenters. The average molecular weight is 409 g/mol. The molecule has 30 heavy (non-hydrogen) atoms. The van der Waals surface area contributed by atoms with Crippen LogP contribution in [0.5, 0.6) is 0 Å². The Hall–Kier alpha value is -2.82. The predicted molar refractivity (Wildman–Crippen MR) is 108 cm³/mol. The van der Waals surface area contributed by atoms with Gasteiger partial charge in [-0.15, -0.1) is 0 Å². The first kappa shape index (κ1) is 19.2. The van der Waals surface area contributed by atoms with Crippen LogP contribution in [-0.2, 0) is 4.79 Å². The molecule has 8 heteroatoms. The molecular formula is C22H27N5O3. The molecule has 0 aromatic carbocycles. The van der Waals surface area contributed by atoms with Crippen LogP contribution in [0.4, 0.5) is 10.6 Å². The van der Waals surface area contributed by atoms with Gasteiger partial charge in [-0.1, -0.05) is 0 Å². The summed E-state index contributed by atoms with van der Waals surface area (Å²) in [5, 5.41) is 22.7. The average Bonchev–Trinajstić information content (AvgIpc) is 3.11. The second-order valence-corrected chi connectivity index (χ2v) is 9.71. The molecule has 1 saturated heterocycles. The van der Waals surface area contributed by atoms with Gasteiger partial charge in [0.25, 0.3) is 0 Å². The Labute approximate surface area is 175 Å². The largest absolute Gasteiger partial charge is 0.465 e. The first-order chi connectivity index (χ1) is 14.4. The van der Waals surface area contributed by atoms with Crippen LogP contribution < -0.4 is 11.1 Å². The minimum atomic E-state index is -0.899. The van der Waals surface area contributed by atoms with E-state index < -0.39 is 11.5 Å². The zero-order valence-corrected chi connectivity index (χ0v) is 16.8. The molecule has 1 aliphatic heterocycles. The maximum Gasteiger partial charge on any atom is 0.407 e. The molecule has 1 aromatic rings. The molecule has 4 saturated carbocycles. The van der Waals surface area contributed by atoms with E-state index in [4.69, 9.17) is 5.73 Å². The summed E-state index contributed by atoms with van der Waals surface area (Å²) in [6.07, 6.45) is 5.99. The van der Waals surface area contributed by atoms with E-state index in [0.717, 1.165) is 32.1 Å². The maximum atomic E-state index is 12.3. The Morgan fingerprint density at radius 3 is 2.67 bits per heavy atom. The van der Waals surface area contributed by atoms with Crippen LogP contribution in [0.1, 0.15) is 44.1 Å². The minimum absolute atomic E-state index is 0.102. The summed E-state index contributed by atoms with van der Waals surface area (Å²) in [6.45, 7) is 0.465. The third kappa shape index (κ3) is 2.83. The molecule has 6 rings (SSSR count). The number of carboxylic acid groups (broad SMARTS) is 1. The first-order valence-corrected chi connectivity index (χ1v) is 10.8. The van der Waals surface area contributed by atoms with Crippen molar-refractivity contribution in [2.45, 2.75) is 50.6 Å². The lowest BCUT2D eigenvalue weighted by Crippen LogP contribution is -2.61. The van der Waals surface area contributed by atoms with Gasteiger partial charge in [0.1, 0.15) is 11.9 Å². The van der Waals surface area contributed by atoms with Gasteiger partial charge in [-0.2, -0.15) is 5.26 Å². The number of primary amides is 1. The maximum absolute atomic E-state index is 12.3. The number of pyridine rings is 1. The van der Waals surface area contributed by atoms with Gasteiger partial charge in [0, 0.05) is 18.2 Å². The van der Waals surface area contributed by atoms with Crippen molar-refractivity contribution in [2.75, 3.05) is 11.9 Å². The fourth-order valence-electron chi connectivity index (χ4n) is 7.38. The molecule has 2 heterocycles. The number of amides is 2. The van der Waals surface area contributed by atoms with Gasteiger partial charge >= 0.3 is 6.09 Å². The molecule has 2 amide bonds. The number of hydrogen-bond donors (Lipinski definition) is 3. The number of nitrogens with one attached hydrogen (secondary N) is 1. The molecular weight excluding hydrogens is 382 g/mol. The van der Waals surface area contributed by atoms with E-state index in [1.54, 1.807) is 23.2 Å². The number of carbonyl (C=O) groups excluding carboxylic acids is 1. The van der Waals surface area contributed by atoms with Crippen LogP contribution in [0.3, 0.4) is 0 Å². The van der Waals surface area contributed by atoms with Crippen LogP contribution in [0, 0.1) is 40.4 Å². The first-order valence-electron chi connectivity index (χ1n) is 10.8. The highest BCUT2D eigenvalue weighted by Crippen LogP contribution is 2.63. The molecule has 4 N–H and O–H groups in total. The number of nitrogens with two attached hydrogens (primary N) is 1. The fourth-order valence-corrected chi connectivity index (χ4v) is 7.38. The van der Waals surface area contributed by atoms with Crippen molar-refractivity contribution in [3.05, 3.63) is 23.9 Å². The number of rotatable bonds is 4. The summed E-state index contributed by atoms with van der Waals surface area (Å²) in [6, 6.07) is 5.31. The zero-order valence-electron chi connectivity index (χ0n) is 16.8. The summed E-state index contributed by atoms with van der Waals surface area (Å²) < 4.78 is 0. The van der Waals surface area contributed by atoms with Gasteiger partial charge in [0.05, 0.1) is 17.6 Å². The molecule has 4 bridgehead atoms. The fraction of sp³-hybridized carbons (Fsp3) is 0.636. The molecule has 5 unspecified atom stereocenters. The molecule has 5 fully saturated rings. The number of anilines is 1. The summed E-state index contributed by atoms with van der Waals surface area (Å²) in [7, 11) is 0. The molecule has 8 nitrogen and oxygen atoms in total. The summed E-state index contributed by atoms with van der Waals surface area (Å²) in [5.74, 6) is 1.70. The van der Waals surface area contributed by atoms with E-state index in [1.807, 2.05) is 0 Å². The molecule has 5 aliphatic rings. The molecule has 0 radical (unpaired) electrons. The van der Waals surface area contributed by atoms with Gasteiger partial charge in [-0.3, -0.25) is 4.79 Å². The van der Waals surface area contributed by atoms with E-state index in [2.05, 4.69) is 16.4 Å². The van der Waals surface area contributed by atoms with Crippen molar-refractivity contribution in [1.82, 2.24) is 9.88 Å². The van der Waals surface area contributed by atoms with Crippen molar-refractivity contribution in [1.29, 1.82) is 5.26 Å². The van der Waals surface area contributed by atoms with Crippen LogP contribution in [-0.4, -0.2) is 45.6 Å². The van der Waals surface area contributed by atoms with Crippen molar-refractivity contribution >= 4 is 17.8 Å². The number of hydrogen-bond acceptors (Lipinski definition) is 5. The minimum Gasteiger partial charge on any atom is -0.465 e. The standard InChI is InChI=1S/C22H27N5O3/c23-11-13-2-1-4-25-19(13)26-16-3-5-27(21(29)30)18(16)17-14-6-12-7-15(17)10-22(8-12,9-14)20(24)28/h1-2,4,12,14-18H,3,5-10H2,(H2,24,28)(H,25,26)(H,29,30)/t12?,14-,15?,16?,17?,18+,22?/m0/s1. The normalized spacial score (nSPS) is 39.0. The van der Waals surface area contributed by atoms with Crippen molar-refractivity contribution in [3.8, 4) is 6.07 Å². The second-order valence-electron chi connectivity index (χ2n) is 9.71. The van der Waals surface area contributed by atoms with Gasteiger partial charge in [0.2, 0.25) is 5.91 Å². The smallest absolute Gasteiger partial charge is 0.407 e. The second kappa shape index (κ2) is 6.86. The number of carbonyl (C=O) groups is 2. The van der Waals surface area contributed by atoms with Gasteiger partial charge in [0.15, 0.2) is 0 Å². The van der Waals surface area contributed by atoms with Crippen LogP contribution in [0.15, 0.2) is 18.3 Å². The highest BCUT2D eigenvalue weighted by Gasteiger charge is 2.61. The molecule has 1 aromatic heterocycles. The SMILES string of the molecule is N#Cc1cccnc1NC1CCN(C(=O)O)[C@H]1C1C2CC3C[C@H]1CC(C(N)=O)(C3)C2. The number of nitrogens with zero attached hydrogens (tertiary/aromatic N) is 3. The number of nitriles is 1. The quantitative estimate of drug-likeness (QED) is 0.699. The van der Waals surface area contributed by atoms with Crippen LogP contribution >= 0.6 is 0 Å². The zero-order chi connectivity index (χ0) is 21.0. The van der Waals surface area contributed by atoms with Gasteiger partial charge in [-0.05, 0) is 74.3 Å². The highest BCUT2D eigenvalue weighted by molar-refractivity contribution is 5.81. The monoisotopic (exact) mass is 409 g/mol. The van der Waals surface area contributed by atoms with Crippen molar-refractivity contribution in [3.63, 3.8) is 0 Å². The third-order valence-corrected chi connectivity index (χ3v) is 8.21. The van der Waals surface area contributed by atoms with E-state index in [-0.39, 0.29) is 23.9 Å². The van der Waals surface area contributed by atoms with E-state index in [1.165, 1.54) is 0 Å². The lowest BCUT2D eigenvalue weighted by atomic mass is 9.44. The predicted octanol–water partition coefficient (Wildman–Crippen LogP) is 2.41. The van der Waals surface area contributed by atoms with Crippen LogP contribution in [0.25, 0.3) is 0 Å². The number of likely N-dealkylation sites (tertiary alicyclic amines) is 1.